The Kier molecular flexibility index (Phi) is 8.16. The van der Waals surface area contributed by atoms with Crippen LogP contribution in [0.3, 0.4) is 0 Å². The van der Waals surface area contributed by atoms with Gasteiger partial charge in [0.25, 0.3) is 27.5 Å². The lowest BCUT2D eigenvalue weighted by molar-refractivity contribution is -0.384. The van der Waals surface area contributed by atoms with E-state index in [0.29, 0.717) is 5.69 Å². The summed E-state index contributed by atoms with van der Waals surface area (Å²) in [6.45, 7) is 2.10. The van der Waals surface area contributed by atoms with Crippen molar-refractivity contribution in [3.8, 4) is 0 Å². The van der Waals surface area contributed by atoms with Crippen LogP contribution in [0.4, 0.5) is 11.4 Å². The molecule has 3 N–H and O–H groups in total. The Hall–Kier alpha value is -4.25. The van der Waals surface area contributed by atoms with Gasteiger partial charge in [-0.15, -0.1) is 0 Å². The molecule has 10 nitrogen and oxygen atoms in total. The first-order valence-corrected chi connectivity index (χ1v) is 12.2. The lowest BCUT2D eigenvalue weighted by Crippen LogP contribution is -2.41. The standard InChI is InChI=1S/C24H24N4O6S/c1-2-3-6-17-11-13-20(14-12-17)27-35(33,34)22-10-5-8-19(16-22)24(30)26-25-23(29)18-7-4-9-21(15-18)28(31)32/h4-5,7-16,27H,2-3,6H2,1H3,(H,25,29)(H,26,30). The molecule has 0 radical (unpaired) electrons. The number of non-ortho nitro benzene ring substituents is 1. The number of carbonyl (C=O) groups excluding carboxylic acids is 2. The van der Waals surface area contributed by atoms with Crippen molar-refractivity contribution >= 4 is 33.2 Å². The van der Waals surface area contributed by atoms with E-state index in [-0.39, 0.29) is 21.7 Å². The Labute approximate surface area is 202 Å². The van der Waals surface area contributed by atoms with E-state index in [1.807, 2.05) is 12.1 Å². The SMILES string of the molecule is CCCCc1ccc(NS(=O)(=O)c2cccc(C(=O)NNC(=O)c3cccc([N+](=O)[O-])c3)c2)cc1. The Morgan fingerprint density at radius 2 is 1.49 bits per heavy atom. The molecule has 3 aromatic carbocycles. The van der Waals surface area contributed by atoms with E-state index in [0.717, 1.165) is 30.9 Å². The molecule has 0 aliphatic rings. The molecule has 0 atom stereocenters. The Morgan fingerprint density at radius 3 is 2.09 bits per heavy atom. The highest BCUT2D eigenvalue weighted by atomic mass is 32.2. The molecule has 0 aromatic heterocycles. The van der Waals surface area contributed by atoms with Crippen LogP contribution in [0.2, 0.25) is 0 Å². The average Bonchev–Trinajstić information content (AvgIpc) is 2.86. The molecule has 0 unspecified atom stereocenters. The van der Waals surface area contributed by atoms with E-state index in [9.17, 15) is 28.1 Å². The van der Waals surface area contributed by atoms with Crippen LogP contribution in [-0.2, 0) is 16.4 Å². The summed E-state index contributed by atoms with van der Waals surface area (Å²) in [6, 6.07) is 17.4. The molecule has 0 heterocycles. The van der Waals surface area contributed by atoms with E-state index in [2.05, 4.69) is 22.5 Å². The molecule has 182 valence electrons. The second-order valence-corrected chi connectivity index (χ2v) is 9.33. The number of nitrogens with one attached hydrogen (secondary N) is 3. The zero-order chi connectivity index (χ0) is 25.4. The monoisotopic (exact) mass is 496 g/mol. The van der Waals surface area contributed by atoms with Crippen molar-refractivity contribution < 1.29 is 22.9 Å². The van der Waals surface area contributed by atoms with Gasteiger partial charge in [-0.25, -0.2) is 8.42 Å². The summed E-state index contributed by atoms with van der Waals surface area (Å²) in [7, 11) is -3.97. The van der Waals surface area contributed by atoms with Gasteiger partial charge in [0.2, 0.25) is 0 Å². The Morgan fingerprint density at radius 1 is 0.886 bits per heavy atom. The highest BCUT2D eigenvalue weighted by Gasteiger charge is 2.18. The Bertz CT molecular complexity index is 1340. The van der Waals surface area contributed by atoms with Gasteiger partial charge in [0.1, 0.15) is 0 Å². The summed E-state index contributed by atoms with van der Waals surface area (Å²) < 4.78 is 28.1. The van der Waals surface area contributed by atoms with Crippen LogP contribution in [0.5, 0.6) is 0 Å². The first-order valence-electron chi connectivity index (χ1n) is 10.8. The van der Waals surface area contributed by atoms with Crippen molar-refractivity contribution in [2.45, 2.75) is 31.1 Å². The van der Waals surface area contributed by atoms with E-state index in [1.165, 1.54) is 42.5 Å². The maximum atomic E-state index is 12.8. The first-order chi connectivity index (χ1) is 16.7. The third-order valence-corrected chi connectivity index (χ3v) is 6.42. The van der Waals surface area contributed by atoms with Gasteiger partial charge in [0, 0.05) is 28.9 Å². The number of hydrogen-bond acceptors (Lipinski definition) is 6. The van der Waals surface area contributed by atoms with Crippen molar-refractivity contribution in [2.75, 3.05) is 4.72 Å². The van der Waals surface area contributed by atoms with Crippen molar-refractivity contribution in [3.63, 3.8) is 0 Å². The van der Waals surface area contributed by atoms with Crippen LogP contribution in [0, 0.1) is 10.1 Å². The molecule has 0 spiro atoms. The number of carbonyl (C=O) groups is 2. The fraction of sp³-hybridized carbons (Fsp3) is 0.167. The average molecular weight is 497 g/mol. The number of nitro groups is 1. The van der Waals surface area contributed by atoms with Gasteiger partial charge in [-0.2, -0.15) is 0 Å². The number of hydrazine groups is 1. The number of unbranched alkanes of at least 4 members (excludes halogenated alkanes) is 1. The minimum absolute atomic E-state index is 0.0119. The van der Waals surface area contributed by atoms with Crippen LogP contribution in [-0.4, -0.2) is 25.2 Å². The van der Waals surface area contributed by atoms with Gasteiger partial charge >= 0.3 is 0 Å². The molecule has 11 heteroatoms. The van der Waals surface area contributed by atoms with Crippen molar-refractivity contribution in [2.24, 2.45) is 0 Å². The molecular weight excluding hydrogens is 472 g/mol. The van der Waals surface area contributed by atoms with E-state index < -0.39 is 26.8 Å². The zero-order valence-electron chi connectivity index (χ0n) is 18.9. The predicted molar refractivity (Wildman–Crippen MR) is 130 cm³/mol. The lowest BCUT2D eigenvalue weighted by atomic mass is 10.1. The van der Waals surface area contributed by atoms with Crippen LogP contribution in [0.15, 0.2) is 77.7 Å². The van der Waals surface area contributed by atoms with E-state index in [4.69, 9.17) is 0 Å². The maximum absolute atomic E-state index is 12.8. The maximum Gasteiger partial charge on any atom is 0.270 e. The van der Waals surface area contributed by atoms with Crippen LogP contribution in [0.1, 0.15) is 46.0 Å². The number of nitro benzene ring substituents is 1. The van der Waals surface area contributed by atoms with Gasteiger partial charge in [0.05, 0.1) is 9.82 Å². The highest BCUT2D eigenvalue weighted by Crippen LogP contribution is 2.19. The molecule has 0 aliphatic heterocycles. The minimum Gasteiger partial charge on any atom is -0.280 e. The largest absolute Gasteiger partial charge is 0.280 e. The first kappa shape index (κ1) is 25.4. The number of sulfonamides is 1. The zero-order valence-corrected chi connectivity index (χ0v) is 19.7. The van der Waals surface area contributed by atoms with E-state index >= 15 is 0 Å². The number of amides is 2. The quantitative estimate of drug-likeness (QED) is 0.303. The van der Waals surface area contributed by atoms with Crippen LogP contribution < -0.4 is 15.6 Å². The summed E-state index contributed by atoms with van der Waals surface area (Å²) in [5.74, 6) is -1.53. The molecule has 0 bridgehead atoms. The molecule has 0 saturated heterocycles. The van der Waals surface area contributed by atoms with E-state index in [1.54, 1.807) is 12.1 Å². The summed E-state index contributed by atoms with van der Waals surface area (Å²) in [5.41, 5.74) is 5.52. The van der Waals surface area contributed by atoms with Crippen molar-refractivity contribution in [1.29, 1.82) is 0 Å². The summed E-state index contributed by atoms with van der Waals surface area (Å²) in [5, 5.41) is 10.9. The fourth-order valence-corrected chi connectivity index (χ4v) is 4.26. The second kappa shape index (κ2) is 11.3. The number of rotatable bonds is 9. The topological polar surface area (TPSA) is 148 Å². The number of anilines is 1. The molecule has 3 aromatic rings. The smallest absolute Gasteiger partial charge is 0.270 e. The third-order valence-electron chi connectivity index (χ3n) is 5.04. The number of hydrogen-bond donors (Lipinski definition) is 3. The number of nitrogens with zero attached hydrogens (tertiary/aromatic N) is 1. The fourth-order valence-electron chi connectivity index (χ4n) is 3.16. The third kappa shape index (κ3) is 6.87. The van der Waals surface area contributed by atoms with Gasteiger partial charge in [-0.05, 0) is 54.8 Å². The summed E-state index contributed by atoms with van der Waals surface area (Å²) in [6.07, 6.45) is 3.03. The number of benzene rings is 3. The summed E-state index contributed by atoms with van der Waals surface area (Å²) in [4.78, 5) is 34.8. The van der Waals surface area contributed by atoms with Crippen LogP contribution >= 0.6 is 0 Å². The second-order valence-electron chi connectivity index (χ2n) is 7.65. The molecular formula is C24H24N4O6S. The molecule has 0 saturated carbocycles. The molecule has 0 fully saturated rings. The molecule has 2 amide bonds. The molecule has 35 heavy (non-hydrogen) atoms. The van der Waals surface area contributed by atoms with Crippen LogP contribution in [0.25, 0.3) is 0 Å². The minimum atomic E-state index is -3.97. The summed E-state index contributed by atoms with van der Waals surface area (Å²) >= 11 is 0. The van der Waals surface area contributed by atoms with Crippen molar-refractivity contribution in [3.05, 3.63) is 99.6 Å². The van der Waals surface area contributed by atoms with Gasteiger partial charge in [0.15, 0.2) is 0 Å². The lowest BCUT2D eigenvalue weighted by Gasteiger charge is -2.11. The Balaban J connectivity index is 1.66. The number of aryl methyl sites for hydroxylation is 1. The molecule has 0 aliphatic carbocycles. The molecule has 3 rings (SSSR count). The van der Waals surface area contributed by atoms with Gasteiger partial charge in [-0.3, -0.25) is 35.3 Å². The predicted octanol–water partition coefficient (Wildman–Crippen LogP) is 3.81. The normalized spacial score (nSPS) is 10.9. The highest BCUT2D eigenvalue weighted by molar-refractivity contribution is 7.92. The van der Waals surface area contributed by atoms with Gasteiger partial charge in [-0.1, -0.05) is 37.6 Å². The van der Waals surface area contributed by atoms with Crippen molar-refractivity contribution in [1.82, 2.24) is 10.9 Å². The van der Waals surface area contributed by atoms with Gasteiger partial charge < -0.3 is 0 Å².